The Kier molecular flexibility index (Phi) is 3.81. The van der Waals surface area contributed by atoms with Gasteiger partial charge in [-0.15, -0.1) is 0 Å². The van der Waals surface area contributed by atoms with Gasteiger partial charge in [0, 0.05) is 11.7 Å². The Labute approximate surface area is 106 Å². The molecule has 0 atom stereocenters. The van der Waals surface area contributed by atoms with E-state index in [9.17, 15) is 9.18 Å². The number of nitrogens with two attached hydrogens (primary N) is 1. The molecule has 0 spiro atoms. The fraction of sp³-hybridized carbons (Fsp3) is 0.462. The second kappa shape index (κ2) is 5.35. The molecule has 1 aromatic carbocycles. The summed E-state index contributed by atoms with van der Waals surface area (Å²) < 4.78 is 13.4. The molecule has 18 heavy (non-hydrogen) atoms. The number of carbonyl (C=O) groups excluding carboxylic acids is 1. The summed E-state index contributed by atoms with van der Waals surface area (Å²) in [5, 5.41) is 2.55. The highest BCUT2D eigenvalue weighted by molar-refractivity contribution is 5.92. The first kappa shape index (κ1) is 12.8. The third kappa shape index (κ3) is 2.98. The number of nitrogen functional groups attached to an aromatic ring is 1. The van der Waals surface area contributed by atoms with Gasteiger partial charge in [0.15, 0.2) is 0 Å². The van der Waals surface area contributed by atoms with Gasteiger partial charge in [-0.1, -0.05) is 6.42 Å². The zero-order valence-corrected chi connectivity index (χ0v) is 10.4. The lowest BCUT2D eigenvalue weighted by Gasteiger charge is -2.34. The second-order valence-corrected chi connectivity index (χ2v) is 4.79. The van der Waals surface area contributed by atoms with Crippen molar-refractivity contribution in [2.45, 2.75) is 25.3 Å². The van der Waals surface area contributed by atoms with E-state index >= 15 is 0 Å². The highest BCUT2D eigenvalue weighted by Gasteiger charge is 2.23. The summed E-state index contributed by atoms with van der Waals surface area (Å²) >= 11 is 0. The number of carbonyl (C=O) groups is 1. The van der Waals surface area contributed by atoms with Crippen LogP contribution in [0, 0.1) is 5.82 Å². The molecule has 1 aromatic rings. The largest absolute Gasteiger partial charge is 0.399 e. The molecule has 98 valence electrons. The number of hydrogen-bond donors (Lipinski definition) is 2. The Morgan fingerprint density at radius 1 is 1.56 bits per heavy atom. The Bertz CT molecular complexity index is 446. The molecule has 0 saturated heterocycles. The fourth-order valence-corrected chi connectivity index (χ4v) is 2.01. The maximum Gasteiger partial charge on any atom is 0.238 e. The van der Waals surface area contributed by atoms with Gasteiger partial charge in [-0.3, -0.25) is 9.69 Å². The molecule has 2 rings (SSSR count). The first-order valence-electron chi connectivity index (χ1n) is 6.11. The summed E-state index contributed by atoms with van der Waals surface area (Å²) in [7, 11) is 1.92. The topological polar surface area (TPSA) is 58.4 Å². The Morgan fingerprint density at radius 2 is 2.28 bits per heavy atom. The van der Waals surface area contributed by atoms with Crippen molar-refractivity contribution in [3.05, 3.63) is 24.0 Å². The second-order valence-electron chi connectivity index (χ2n) is 4.79. The van der Waals surface area contributed by atoms with Crippen LogP contribution in [0.2, 0.25) is 0 Å². The zero-order chi connectivity index (χ0) is 13.1. The van der Waals surface area contributed by atoms with Gasteiger partial charge in [0.1, 0.15) is 5.82 Å². The predicted molar refractivity (Wildman–Crippen MR) is 69.7 cm³/mol. The van der Waals surface area contributed by atoms with Crippen molar-refractivity contribution in [2.24, 2.45) is 0 Å². The minimum absolute atomic E-state index is 0.141. The molecule has 0 radical (unpaired) electrons. The standard InChI is InChI=1S/C13H18FN3O/c1-17(10-3-2-4-10)8-13(18)16-12-7-9(15)5-6-11(12)14/h5-7,10H,2-4,8,15H2,1H3,(H,16,18). The molecule has 0 bridgehead atoms. The SMILES string of the molecule is CN(CC(=O)Nc1cc(N)ccc1F)C1CCC1. The van der Waals surface area contributed by atoms with Crippen LogP contribution in [0.4, 0.5) is 15.8 Å². The van der Waals surface area contributed by atoms with Gasteiger partial charge >= 0.3 is 0 Å². The zero-order valence-electron chi connectivity index (χ0n) is 10.4. The van der Waals surface area contributed by atoms with Crippen molar-refractivity contribution in [1.82, 2.24) is 4.90 Å². The number of anilines is 2. The van der Waals surface area contributed by atoms with Crippen LogP contribution in [0.3, 0.4) is 0 Å². The van der Waals surface area contributed by atoms with E-state index in [-0.39, 0.29) is 18.1 Å². The van der Waals surface area contributed by atoms with E-state index in [1.54, 1.807) is 0 Å². The van der Waals surface area contributed by atoms with Crippen LogP contribution < -0.4 is 11.1 Å². The molecule has 4 nitrogen and oxygen atoms in total. The molecule has 0 unspecified atom stereocenters. The molecule has 0 heterocycles. The number of nitrogens with one attached hydrogen (secondary N) is 1. The van der Waals surface area contributed by atoms with Gasteiger partial charge < -0.3 is 11.1 Å². The predicted octanol–water partition coefficient (Wildman–Crippen LogP) is 1.83. The average Bonchev–Trinajstić information content (AvgIpc) is 2.20. The van der Waals surface area contributed by atoms with Crippen LogP contribution >= 0.6 is 0 Å². The van der Waals surface area contributed by atoms with Crippen LogP contribution in [0.15, 0.2) is 18.2 Å². The Morgan fingerprint density at radius 3 is 2.89 bits per heavy atom. The molecule has 1 amide bonds. The third-order valence-electron chi connectivity index (χ3n) is 3.36. The van der Waals surface area contributed by atoms with E-state index in [4.69, 9.17) is 5.73 Å². The van der Waals surface area contributed by atoms with Gasteiger partial charge in [0.25, 0.3) is 0 Å². The minimum Gasteiger partial charge on any atom is -0.399 e. The van der Waals surface area contributed by atoms with Gasteiger partial charge in [-0.2, -0.15) is 0 Å². The molecular weight excluding hydrogens is 233 g/mol. The van der Waals surface area contributed by atoms with E-state index in [0.29, 0.717) is 11.7 Å². The average molecular weight is 251 g/mol. The van der Waals surface area contributed by atoms with Crippen LogP contribution in [-0.4, -0.2) is 30.4 Å². The lowest BCUT2D eigenvalue weighted by atomic mass is 9.92. The summed E-state index contributed by atoms with van der Waals surface area (Å²) in [6, 6.07) is 4.63. The van der Waals surface area contributed by atoms with Crippen LogP contribution in [0.25, 0.3) is 0 Å². The number of hydrogen-bond acceptors (Lipinski definition) is 3. The van der Waals surface area contributed by atoms with E-state index in [1.807, 2.05) is 11.9 Å². The van der Waals surface area contributed by atoms with Crippen molar-refractivity contribution >= 4 is 17.3 Å². The van der Waals surface area contributed by atoms with Crippen LogP contribution in [0.5, 0.6) is 0 Å². The monoisotopic (exact) mass is 251 g/mol. The minimum atomic E-state index is -0.469. The van der Waals surface area contributed by atoms with E-state index in [2.05, 4.69) is 5.32 Å². The number of benzene rings is 1. The van der Waals surface area contributed by atoms with Crippen molar-refractivity contribution in [3.8, 4) is 0 Å². The molecule has 0 aliphatic heterocycles. The fourth-order valence-electron chi connectivity index (χ4n) is 2.01. The van der Waals surface area contributed by atoms with Gasteiger partial charge in [-0.25, -0.2) is 4.39 Å². The Hall–Kier alpha value is -1.62. The molecule has 1 fully saturated rings. The van der Waals surface area contributed by atoms with Gasteiger partial charge in [0.05, 0.1) is 12.2 Å². The number of likely N-dealkylation sites (N-methyl/N-ethyl adjacent to an activating group) is 1. The van der Waals surface area contributed by atoms with Gasteiger partial charge in [0.2, 0.25) is 5.91 Å². The molecule has 3 N–H and O–H groups in total. The quantitative estimate of drug-likeness (QED) is 0.803. The van der Waals surface area contributed by atoms with Crippen molar-refractivity contribution < 1.29 is 9.18 Å². The number of nitrogens with zero attached hydrogens (tertiary/aromatic N) is 1. The lowest BCUT2D eigenvalue weighted by molar-refractivity contribution is -0.117. The molecule has 1 aliphatic carbocycles. The smallest absolute Gasteiger partial charge is 0.238 e. The number of rotatable bonds is 4. The Balaban J connectivity index is 1.91. The van der Waals surface area contributed by atoms with Crippen molar-refractivity contribution in [3.63, 3.8) is 0 Å². The van der Waals surface area contributed by atoms with Crippen molar-refractivity contribution in [1.29, 1.82) is 0 Å². The first-order valence-corrected chi connectivity index (χ1v) is 6.11. The van der Waals surface area contributed by atoms with E-state index < -0.39 is 5.82 Å². The number of halogens is 1. The van der Waals surface area contributed by atoms with Crippen LogP contribution in [-0.2, 0) is 4.79 Å². The molecule has 1 aliphatic rings. The van der Waals surface area contributed by atoms with Gasteiger partial charge in [-0.05, 0) is 38.1 Å². The van der Waals surface area contributed by atoms with E-state index in [1.165, 1.54) is 24.6 Å². The normalized spacial score (nSPS) is 15.5. The summed E-state index contributed by atoms with van der Waals surface area (Å²) in [6.07, 6.45) is 3.49. The first-order chi connectivity index (χ1) is 8.56. The van der Waals surface area contributed by atoms with E-state index in [0.717, 1.165) is 12.8 Å². The molecule has 1 saturated carbocycles. The summed E-state index contributed by atoms with van der Waals surface area (Å²) in [5.41, 5.74) is 6.13. The maximum atomic E-state index is 13.4. The number of amides is 1. The summed E-state index contributed by atoms with van der Waals surface area (Å²) in [4.78, 5) is 13.8. The molecular formula is C13H18FN3O. The molecule has 5 heteroatoms. The van der Waals surface area contributed by atoms with Crippen molar-refractivity contribution in [2.75, 3.05) is 24.6 Å². The highest BCUT2D eigenvalue weighted by atomic mass is 19.1. The maximum absolute atomic E-state index is 13.4. The summed E-state index contributed by atoms with van der Waals surface area (Å²) in [6.45, 7) is 0.277. The summed E-state index contributed by atoms with van der Waals surface area (Å²) in [5.74, 6) is -0.683. The molecule has 0 aromatic heterocycles. The third-order valence-corrected chi connectivity index (χ3v) is 3.36. The van der Waals surface area contributed by atoms with Crippen LogP contribution in [0.1, 0.15) is 19.3 Å². The highest BCUT2D eigenvalue weighted by Crippen LogP contribution is 2.23. The lowest BCUT2D eigenvalue weighted by Crippen LogP contribution is -2.41.